The van der Waals surface area contributed by atoms with Gasteiger partial charge in [-0.3, -0.25) is 5.10 Å². The quantitative estimate of drug-likeness (QED) is 0.645. The molecule has 0 saturated carbocycles. The molecule has 0 saturated heterocycles. The molecule has 1 aromatic heterocycles. The van der Waals surface area contributed by atoms with E-state index in [1.54, 1.807) is 6.21 Å². The lowest BCUT2D eigenvalue weighted by Crippen LogP contribution is -1.88. The number of hydrogen-bond acceptors (Lipinski definition) is 3. The number of hydrogen-bond donors (Lipinski definition) is 1. The van der Waals surface area contributed by atoms with Crippen molar-refractivity contribution in [3.63, 3.8) is 0 Å². The summed E-state index contributed by atoms with van der Waals surface area (Å²) < 4.78 is 1.92. The van der Waals surface area contributed by atoms with Gasteiger partial charge in [-0.05, 0) is 29.9 Å². The van der Waals surface area contributed by atoms with Gasteiger partial charge in [0.05, 0.1) is 6.21 Å². The summed E-state index contributed by atoms with van der Waals surface area (Å²) >= 11 is 10.8. The highest BCUT2D eigenvalue weighted by molar-refractivity contribution is 7.71. The third-order valence-electron chi connectivity index (χ3n) is 1.72. The van der Waals surface area contributed by atoms with Gasteiger partial charge in [0.25, 0.3) is 0 Å². The summed E-state index contributed by atoms with van der Waals surface area (Å²) in [5, 5.41) is 11.1. The van der Waals surface area contributed by atoms with Crippen LogP contribution in [0.5, 0.6) is 0 Å². The summed E-state index contributed by atoms with van der Waals surface area (Å²) in [6.07, 6.45) is 3.17. The zero-order chi connectivity index (χ0) is 10.7. The molecule has 2 aromatic rings. The van der Waals surface area contributed by atoms with Gasteiger partial charge < -0.3 is 0 Å². The average Bonchev–Trinajstić information content (AvgIpc) is 2.61. The van der Waals surface area contributed by atoms with Gasteiger partial charge in [-0.15, -0.1) is 0 Å². The van der Waals surface area contributed by atoms with E-state index in [2.05, 4.69) is 15.3 Å². The highest BCUT2D eigenvalue weighted by Crippen LogP contribution is 2.08. The molecule has 2 rings (SSSR count). The molecule has 0 amide bonds. The van der Waals surface area contributed by atoms with Crippen LogP contribution in [-0.4, -0.2) is 21.1 Å². The number of H-pyrrole nitrogens is 1. The van der Waals surface area contributed by atoms with E-state index < -0.39 is 0 Å². The Morgan fingerprint density at radius 2 is 2.40 bits per heavy atom. The molecule has 0 bridgehead atoms. The number of benzene rings is 1. The molecule has 0 fully saturated rings. The Hall–Kier alpha value is -1.46. The van der Waals surface area contributed by atoms with Crippen LogP contribution in [0.3, 0.4) is 0 Å². The third kappa shape index (κ3) is 2.51. The molecule has 0 aliphatic carbocycles. The summed E-state index contributed by atoms with van der Waals surface area (Å²) in [5.74, 6) is 0. The molecular weight excluding hydrogens is 232 g/mol. The summed E-state index contributed by atoms with van der Waals surface area (Å²) in [6, 6.07) is 7.38. The molecule has 1 aromatic carbocycles. The van der Waals surface area contributed by atoms with E-state index in [-0.39, 0.29) is 0 Å². The number of aromatic nitrogens is 3. The van der Waals surface area contributed by atoms with Crippen molar-refractivity contribution in [1.29, 1.82) is 0 Å². The van der Waals surface area contributed by atoms with Crippen molar-refractivity contribution >= 4 is 30.0 Å². The molecular formula is C9H7ClN4S. The van der Waals surface area contributed by atoms with E-state index in [1.807, 2.05) is 24.3 Å². The van der Waals surface area contributed by atoms with E-state index in [1.165, 1.54) is 11.0 Å². The smallest absolute Gasteiger partial charge is 0.216 e. The second kappa shape index (κ2) is 4.37. The van der Waals surface area contributed by atoms with Crippen LogP contribution in [0.2, 0.25) is 5.02 Å². The standard InChI is InChI=1S/C9H7ClN4S/c10-8-3-1-2-7(4-8)5-12-14-6-11-13-9(14)15/h1-6H,(H,13,15)/b12-5+. The molecule has 0 unspecified atom stereocenters. The fraction of sp³-hybridized carbons (Fsp3) is 0. The maximum absolute atomic E-state index is 5.83. The number of halogens is 1. The van der Waals surface area contributed by atoms with Gasteiger partial charge in [-0.2, -0.15) is 14.9 Å². The Morgan fingerprint density at radius 1 is 1.53 bits per heavy atom. The number of rotatable bonds is 2. The largest absolute Gasteiger partial charge is 0.250 e. The number of aromatic amines is 1. The van der Waals surface area contributed by atoms with Crippen LogP contribution in [-0.2, 0) is 0 Å². The molecule has 0 aliphatic rings. The predicted octanol–water partition coefficient (Wildman–Crippen LogP) is 2.48. The van der Waals surface area contributed by atoms with Crippen LogP contribution < -0.4 is 0 Å². The summed E-state index contributed by atoms with van der Waals surface area (Å²) in [5.41, 5.74) is 0.908. The zero-order valence-corrected chi connectivity index (χ0v) is 9.16. The minimum absolute atomic E-state index is 0.452. The Morgan fingerprint density at radius 3 is 3.07 bits per heavy atom. The SMILES string of the molecule is S=c1[nH]ncn1/N=C/c1cccc(Cl)c1. The average molecular weight is 239 g/mol. The molecule has 4 nitrogen and oxygen atoms in total. The van der Waals surface area contributed by atoms with Gasteiger partial charge in [0.15, 0.2) is 0 Å². The van der Waals surface area contributed by atoms with Gasteiger partial charge in [-0.1, -0.05) is 23.7 Å². The molecule has 6 heteroatoms. The molecule has 15 heavy (non-hydrogen) atoms. The van der Waals surface area contributed by atoms with E-state index >= 15 is 0 Å². The highest BCUT2D eigenvalue weighted by Gasteiger charge is 1.91. The first kappa shape index (κ1) is 10.1. The first-order valence-electron chi connectivity index (χ1n) is 4.17. The second-order valence-electron chi connectivity index (χ2n) is 2.81. The van der Waals surface area contributed by atoms with Crippen LogP contribution in [0.25, 0.3) is 0 Å². The maximum Gasteiger partial charge on any atom is 0.216 e. The molecule has 0 spiro atoms. The molecule has 0 aliphatic heterocycles. The third-order valence-corrected chi connectivity index (χ3v) is 2.23. The molecule has 1 N–H and O–H groups in total. The van der Waals surface area contributed by atoms with Crippen molar-refractivity contribution in [2.75, 3.05) is 0 Å². The highest BCUT2D eigenvalue weighted by atomic mass is 35.5. The van der Waals surface area contributed by atoms with Crippen LogP contribution in [0.15, 0.2) is 35.7 Å². The Balaban J connectivity index is 2.26. The Bertz CT molecular complexity index is 543. The minimum Gasteiger partial charge on any atom is -0.250 e. The normalized spacial score (nSPS) is 11.0. The fourth-order valence-corrected chi connectivity index (χ4v) is 1.39. The lowest BCUT2D eigenvalue weighted by atomic mass is 10.2. The van der Waals surface area contributed by atoms with Crippen molar-refractivity contribution in [3.05, 3.63) is 45.9 Å². The second-order valence-corrected chi connectivity index (χ2v) is 3.63. The number of nitrogens with zero attached hydrogens (tertiary/aromatic N) is 3. The van der Waals surface area contributed by atoms with Crippen molar-refractivity contribution < 1.29 is 0 Å². The van der Waals surface area contributed by atoms with E-state index in [4.69, 9.17) is 23.8 Å². The first-order chi connectivity index (χ1) is 7.25. The molecule has 0 radical (unpaired) electrons. The van der Waals surface area contributed by atoms with Crippen molar-refractivity contribution in [3.8, 4) is 0 Å². The van der Waals surface area contributed by atoms with Gasteiger partial charge >= 0.3 is 0 Å². The van der Waals surface area contributed by atoms with Crippen molar-refractivity contribution in [1.82, 2.24) is 14.9 Å². The van der Waals surface area contributed by atoms with E-state index in [0.29, 0.717) is 9.79 Å². The van der Waals surface area contributed by atoms with Gasteiger partial charge in [-0.25, -0.2) is 0 Å². The lowest BCUT2D eigenvalue weighted by Gasteiger charge is -1.93. The summed E-state index contributed by atoms with van der Waals surface area (Å²) in [4.78, 5) is 0. The van der Waals surface area contributed by atoms with Crippen LogP contribution in [0.4, 0.5) is 0 Å². The summed E-state index contributed by atoms with van der Waals surface area (Å²) in [7, 11) is 0. The van der Waals surface area contributed by atoms with Crippen LogP contribution >= 0.6 is 23.8 Å². The van der Waals surface area contributed by atoms with Crippen LogP contribution in [0, 0.1) is 4.77 Å². The maximum atomic E-state index is 5.83. The first-order valence-corrected chi connectivity index (χ1v) is 4.96. The minimum atomic E-state index is 0.452. The monoisotopic (exact) mass is 238 g/mol. The fourth-order valence-electron chi connectivity index (χ4n) is 1.04. The van der Waals surface area contributed by atoms with E-state index in [9.17, 15) is 0 Å². The van der Waals surface area contributed by atoms with Gasteiger partial charge in [0, 0.05) is 5.02 Å². The topological polar surface area (TPSA) is 46.0 Å². The summed E-state index contributed by atoms with van der Waals surface area (Å²) in [6.45, 7) is 0. The molecule has 76 valence electrons. The lowest BCUT2D eigenvalue weighted by molar-refractivity contribution is 0.863. The van der Waals surface area contributed by atoms with E-state index in [0.717, 1.165) is 5.56 Å². The van der Waals surface area contributed by atoms with Crippen LogP contribution in [0.1, 0.15) is 5.56 Å². The molecule has 1 heterocycles. The van der Waals surface area contributed by atoms with Gasteiger partial charge in [0.1, 0.15) is 6.33 Å². The van der Waals surface area contributed by atoms with Crippen molar-refractivity contribution in [2.24, 2.45) is 5.10 Å². The Kier molecular flexibility index (Phi) is 2.94. The zero-order valence-electron chi connectivity index (χ0n) is 7.59. The predicted molar refractivity (Wildman–Crippen MR) is 61.9 cm³/mol. The van der Waals surface area contributed by atoms with Crippen molar-refractivity contribution in [2.45, 2.75) is 0 Å². The molecule has 0 atom stereocenters. The number of nitrogens with one attached hydrogen (secondary N) is 1. The Labute approximate surface area is 96.2 Å². The van der Waals surface area contributed by atoms with Gasteiger partial charge in [0.2, 0.25) is 4.77 Å².